The molecule has 1 saturated carbocycles. The Morgan fingerprint density at radius 2 is 2.32 bits per heavy atom. The number of aromatic carboxylic acids is 1. The van der Waals surface area contributed by atoms with Crippen LogP contribution in [0, 0.1) is 0 Å². The van der Waals surface area contributed by atoms with Gasteiger partial charge in [-0.05, 0) is 32.3 Å². The Balaban J connectivity index is 2.24. The van der Waals surface area contributed by atoms with Gasteiger partial charge in [0, 0.05) is 11.6 Å². The van der Waals surface area contributed by atoms with Gasteiger partial charge in [-0.25, -0.2) is 14.5 Å². The van der Waals surface area contributed by atoms with E-state index in [2.05, 4.69) is 23.9 Å². The van der Waals surface area contributed by atoms with Gasteiger partial charge in [-0.3, -0.25) is 0 Å². The maximum atomic E-state index is 11.4. The maximum Gasteiger partial charge on any atom is 0.336 e. The van der Waals surface area contributed by atoms with Gasteiger partial charge >= 0.3 is 5.97 Å². The fraction of sp³-hybridized carbons (Fsp3) is 0.500. The van der Waals surface area contributed by atoms with E-state index in [4.69, 9.17) is 0 Å². The van der Waals surface area contributed by atoms with E-state index >= 15 is 0 Å². The van der Waals surface area contributed by atoms with Crippen LogP contribution in [0.3, 0.4) is 0 Å². The van der Waals surface area contributed by atoms with E-state index in [1.54, 1.807) is 12.3 Å². The molecule has 5 heteroatoms. The summed E-state index contributed by atoms with van der Waals surface area (Å²) in [6, 6.07) is 1.94. The Morgan fingerprint density at radius 1 is 1.58 bits per heavy atom. The molecule has 1 fully saturated rings. The third kappa shape index (κ3) is 1.99. The summed E-state index contributed by atoms with van der Waals surface area (Å²) in [5.41, 5.74) is 1.92. The van der Waals surface area contributed by atoms with E-state index in [0.29, 0.717) is 22.5 Å². The monoisotopic (exact) mass is 259 g/mol. The number of hydrogen-bond acceptors (Lipinski definition) is 3. The topological polar surface area (TPSA) is 68.0 Å². The number of fused-ring (bicyclic) bond motifs is 1. The number of aromatic nitrogens is 3. The summed E-state index contributed by atoms with van der Waals surface area (Å²) in [5, 5.41) is 14.3. The van der Waals surface area contributed by atoms with Gasteiger partial charge in [0.1, 0.15) is 0 Å². The molecule has 0 amide bonds. The SMILES string of the molecule is CC[C@@H](C)n1ncc2c(C(=O)O)cc(C3CC3)nc21. The Labute approximate surface area is 111 Å². The van der Waals surface area contributed by atoms with Crippen molar-refractivity contribution in [1.29, 1.82) is 0 Å². The van der Waals surface area contributed by atoms with Crippen LogP contribution in [0.1, 0.15) is 61.1 Å². The van der Waals surface area contributed by atoms with Crippen molar-refractivity contribution in [2.24, 2.45) is 0 Å². The average molecular weight is 259 g/mol. The van der Waals surface area contributed by atoms with E-state index in [9.17, 15) is 9.90 Å². The Bertz CT molecular complexity index is 643. The summed E-state index contributed by atoms with van der Waals surface area (Å²) < 4.78 is 1.84. The highest BCUT2D eigenvalue weighted by molar-refractivity contribution is 6.01. The summed E-state index contributed by atoms with van der Waals surface area (Å²) in [7, 11) is 0. The van der Waals surface area contributed by atoms with Crippen LogP contribution in [-0.2, 0) is 0 Å². The smallest absolute Gasteiger partial charge is 0.336 e. The summed E-state index contributed by atoms with van der Waals surface area (Å²) >= 11 is 0. The van der Waals surface area contributed by atoms with Crippen LogP contribution >= 0.6 is 0 Å². The Hall–Kier alpha value is -1.91. The van der Waals surface area contributed by atoms with Crippen molar-refractivity contribution in [3.8, 4) is 0 Å². The largest absolute Gasteiger partial charge is 0.478 e. The van der Waals surface area contributed by atoms with Crippen LogP contribution in [0.25, 0.3) is 11.0 Å². The van der Waals surface area contributed by atoms with Gasteiger partial charge < -0.3 is 5.11 Å². The van der Waals surface area contributed by atoms with Crippen LogP contribution < -0.4 is 0 Å². The quantitative estimate of drug-likeness (QED) is 0.916. The van der Waals surface area contributed by atoms with Crippen molar-refractivity contribution in [3.05, 3.63) is 23.5 Å². The van der Waals surface area contributed by atoms with E-state index < -0.39 is 5.97 Å². The fourth-order valence-electron chi connectivity index (χ4n) is 2.30. The summed E-state index contributed by atoms with van der Waals surface area (Å²) in [5.74, 6) is -0.471. The first-order valence-corrected chi connectivity index (χ1v) is 6.73. The fourth-order valence-corrected chi connectivity index (χ4v) is 2.30. The first-order chi connectivity index (χ1) is 9.11. The van der Waals surface area contributed by atoms with Crippen molar-refractivity contribution in [2.75, 3.05) is 0 Å². The number of pyridine rings is 1. The van der Waals surface area contributed by atoms with Crippen molar-refractivity contribution in [1.82, 2.24) is 14.8 Å². The molecule has 3 rings (SSSR count). The van der Waals surface area contributed by atoms with Gasteiger partial charge in [-0.15, -0.1) is 0 Å². The summed E-state index contributed by atoms with van der Waals surface area (Å²) in [6.07, 6.45) is 4.77. The van der Waals surface area contributed by atoms with Crippen LogP contribution in [0.5, 0.6) is 0 Å². The molecule has 1 atom stereocenters. The van der Waals surface area contributed by atoms with Crippen LogP contribution in [0.4, 0.5) is 0 Å². The Kier molecular flexibility index (Phi) is 2.77. The number of hydrogen-bond donors (Lipinski definition) is 1. The highest BCUT2D eigenvalue weighted by atomic mass is 16.4. The molecule has 0 bridgehead atoms. The molecule has 0 aromatic carbocycles. The molecular weight excluding hydrogens is 242 g/mol. The lowest BCUT2D eigenvalue weighted by Gasteiger charge is -2.11. The van der Waals surface area contributed by atoms with E-state index in [-0.39, 0.29) is 6.04 Å². The molecule has 1 N–H and O–H groups in total. The third-order valence-electron chi connectivity index (χ3n) is 3.82. The number of carbonyl (C=O) groups is 1. The molecule has 0 aliphatic heterocycles. The molecular formula is C14H17N3O2. The lowest BCUT2D eigenvalue weighted by molar-refractivity contribution is 0.0699. The van der Waals surface area contributed by atoms with Gasteiger partial charge in [-0.2, -0.15) is 5.10 Å². The van der Waals surface area contributed by atoms with Crippen molar-refractivity contribution in [2.45, 2.75) is 45.1 Å². The zero-order chi connectivity index (χ0) is 13.6. The van der Waals surface area contributed by atoms with Gasteiger partial charge in [-0.1, -0.05) is 6.92 Å². The van der Waals surface area contributed by atoms with Crippen molar-refractivity contribution < 1.29 is 9.90 Å². The maximum absolute atomic E-state index is 11.4. The summed E-state index contributed by atoms with van der Waals surface area (Å²) in [4.78, 5) is 16.0. The first kappa shape index (κ1) is 12.1. The molecule has 2 aromatic rings. The molecule has 1 aliphatic rings. The minimum atomic E-state index is -0.905. The Morgan fingerprint density at radius 3 is 2.89 bits per heavy atom. The molecule has 0 radical (unpaired) electrons. The second-order valence-corrected chi connectivity index (χ2v) is 5.26. The van der Waals surface area contributed by atoms with Gasteiger partial charge in [0.05, 0.1) is 23.2 Å². The minimum Gasteiger partial charge on any atom is -0.478 e. The lowest BCUT2D eigenvalue weighted by Crippen LogP contribution is -2.08. The molecule has 2 aromatic heterocycles. The van der Waals surface area contributed by atoms with Gasteiger partial charge in [0.15, 0.2) is 5.65 Å². The normalized spacial score (nSPS) is 16.7. The molecule has 0 unspecified atom stereocenters. The molecule has 5 nitrogen and oxygen atoms in total. The molecule has 100 valence electrons. The highest BCUT2D eigenvalue weighted by Crippen LogP contribution is 2.40. The van der Waals surface area contributed by atoms with E-state index in [0.717, 1.165) is 25.0 Å². The number of carboxylic acid groups (broad SMARTS) is 1. The number of rotatable bonds is 4. The molecule has 0 spiro atoms. The summed E-state index contributed by atoms with van der Waals surface area (Å²) in [6.45, 7) is 4.15. The molecule has 19 heavy (non-hydrogen) atoms. The van der Waals surface area contributed by atoms with Crippen LogP contribution in [0.2, 0.25) is 0 Å². The molecule has 2 heterocycles. The van der Waals surface area contributed by atoms with Crippen molar-refractivity contribution in [3.63, 3.8) is 0 Å². The molecule has 0 saturated heterocycles. The average Bonchev–Trinajstić information content (AvgIpc) is 3.16. The second-order valence-electron chi connectivity index (χ2n) is 5.26. The third-order valence-corrected chi connectivity index (χ3v) is 3.82. The van der Waals surface area contributed by atoms with Gasteiger partial charge in [0.25, 0.3) is 0 Å². The van der Waals surface area contributed by atoms with Crippen LogP contribution in [-0.4, -0.2) is 25.8 Å². The van der Waals surface area contributed by atoms with E-state index in [1.807, 2.05) is 4.68 Å². The predicted molar refractivity (Wildman–Crippen MR) is 71.5 cm³/mol. The predicted octanol–water partition coefficient (Wildman–Crippen LogP) is 2.98. The standard InChI is InChI=1S/C14H17N3O2/c1-3-8(2)17-13-11(7-15-17)10(14(18)19)6-12(16-13)9-4-5-9/h6-9H,3-5H2,1-2H3,(H,18,19)/t8-/m1/s1. The minimum absolute atomic E-state index is 0.223. The second kappa shape index (κ2) is 4.33. The van der Waals surface area contributed by atoms with Gasteiger partial charge in [0.2, 0.25) is 0 Å². The lowest BCUT2D eigenvalue weighted by atomic mass is 10.1. The first-order valence-electron chi connectivity index (χ1n) is 6.73. The molecule has 1 aliphatic carbocycles. The number of nitrogens with zero attached hydrogens (tertiary/aromatic N) is 3. The van der Waals surface area contributed by atoms with Crippen molar-refractivity contribution >= 4 is 17.0 Å². The zero-order valence-corrected chi connectivity index (χ0v) is 11.1. The number of carboxylic acids is 1. The zero-order valence-electron chi connectivity index (χ0n) is 11.1. The highest BCUT2D eigenvalue weighted by Gasteiger charge is 2.28. The van der Waals surface area contributed by atoms with E-state index in [1.165, 1.54) is 0 Å². The van der Waals surface area contributed by atoms with Crippen LogP contribution in [0.15, 0.2) is 12.3 Å².